The van der Waals surface area contributed by atoms with E-state index in [2.05, 4.69) is 29.1 Å². The lowest BCUT2D eigenvalue weighted by atomic mass is 10.1. The van der Waals surface area contributed by atoms with E-state index in [4.69, 9.17) is 14.5 Å². The van der Waals surface area contributed by atoms with Crippen molar-refractivity contribution in [3.63, 3.8) is 0 Å². The minimum Gasteiger partial charge on any atom is -0.480 e. The lowest BCUT2D eigenvalue weighted by Gasteiger charge is -2.16. The highest BCUT2D eigenvalue weighted by molar-refractivity contribution is 5.93. The average molecular weight is 346 g/mol. The van der Waals surface area contributed by atoms with Gasteiger partial charge in [0.05, 0.1) is 18.7 Å². The van der Waals surface area contributed by atoms with Crippen LogP contribution in [0.25, 0.3) is 10.9 Å². The third-order valence-electron chi connectivity index (χ3n) is 4.02. The number of hydrogen-bond acceptors (Lipinski definition) is 6. The summed E-state index contributed by atoms with van der Waals surface area (Å²) in [6, 6.07) is 1.97. The minimum atomic E-state index is 0.243. The van der Waals surface area contributed by atoms with E-state index in [0.29, 0.717) is 5.88 Å². The van der Waals surface area contributed by atoms with Crippen LogP contribution < -0.4 is 10.1 Å². The molecule has 6 nitrogen and oxygen atoms in total. The summed E-state index contributed by atoms with van der Waals surface area (Å²) in [6.45, 7) is 11.7. The van der Waals surface area contributed by atoms with Gasteiger partial charge < -0.3 is 14.8 Å². The number of nitrogens with zero attached hydrogens (tertiary/aromatic N) is 3. The van der Waals surface area contributed by atoms with Crippen molar-refractivity contribution < 1.29 is 9.47 Å². The van der Waals surface area contributed by atoms with E-state index in [-0.39, 0.29) is 12.0 Å². The zero-order valence-electron chi connectivity index (χ0n) is 16.2. The first kappa shape index (κ1) is 19.4. The Morgan fingerprint density at radius 2 is 2.04 bits per heavy atom. The van der Waals surface area contributed by atoms with Gasteiger partial charge in [0.2, 0.25) is 5.88 Å². The Morgan fingerprint density at radius 1 is 1.28 bits per heavy atom. The maximum atomic E-state index is 5.69. The maximum absolute atomic E-state index is 5.69. The molecule has 2 aromatic heterocycles. The maximum Gasteiger partial charge on any atom is 0.226 e. The largest absolute Gasteiger partial charge is 0.480 e. The van der Waals surface area contributed by atoms with Crippen molar-refractivity contribution >= 4 is 16.7 Å². The average Bonchev–Trinajstić information content (AvgIpc) is 3.13. The molecule has 0 aromatic carbocycles. The number of methoxy groups -OCH3 is 1. The van der Waals surface area contributed by atoms with Gasteiger partial charge in [-0.1, -0.05) is 27.7 Å². The number of aryl methyl sites for hydroxylation is 1. The van der Waals surface area contributed by atoms with Gasteiger partial charge in [-0.2, -0.15) is 0 Å². The molecule has 1 fully saturated rings. The fourth-order valence-corrected chi connectivity index (χ4v) is 2.81. The third kappa shape index (κ3) is 4.57. The predicted molar refractivity (Wildman–Crippen MR) is 102 cm³/mol. The first-order valence-electron chi connectivity index (χ1n) is 9.17. The molecule has 0 spiro atoms. The van der Waals surface area contributed by atoms with E-state index in [1.807, 2.05) is 26.8 Å². The monoisotopic (exact) mass is 346 g/mol. The molecule has 0 saturated carbocycles. The molecule has 6 heteroatoms. The van der Waals surface area contributed by atoms with Crippen LogP contribution in [0.15, 0.2) is 6.07 Å². The van der Waals surface area contributed by atoms with Gasteiger partial charge in [0, 0.05) is 24.8 Å². The van der Waals surface area contributed by atoms with Crippen molar-refractivity contribution in [2.24, 2.45) is 0 Å². The van der Waals surface area contributed by atoms with E-state index >= 15 is 0 Å². The number of pyridine rings is 1. The van der Waals surface area contributed by atoms with Crippen molar-refractivity contribution in [2.45, 2.75) is 59.5 Å². The van der Waals surface area contributed by atoms with Crippen molar-refractivity contribution in [2.75, 3.05) is 25.6 Å². The second-order valence-electron chi connectivity index (χ2n) is 6.27. The highest BCUT2D eigenvalue weighted by Gasteiger charge is 2.19. The predicted octanol–water partition coefficient (Wildman–Crippen LogP) is 4.08. The van der Waals surface area contributed by atoms with E-state index in [1.54, 1.807) is 7.11 Å². The highest BCUT2D eigenvalue weighted by Crippen LogP contribution is 2.31. The molecule has 25 heavy (non-hydrogen) atoms. The first-order chi connectivity index (χ1) is 12.1. The van der Waals surface area contributed by atoms with Crippen LogP contribution in [-0.4, -0.2) is 41.3 Å². The normalized spacial score (nSPS) is 16.7. The molecule has 0 amide bonds. The quantitative estimate of drug-likeness (QED) is 0.879. The molecule has 3 heterocycles. The zero-order chi connectivity index (χ0) is 18.4. The number of anilines is 1. The summed E-state index contributed by atoms with van der Waals surface area (Å²) in [5.74, 6) is 2.41. The van der Waals surface area contributed by atoms with Crippen molar-refractivity contribution in [3.8, 4) is 5.88 Å². The Hall–Kier alpha value is -1.95. The second-order valence-corrected chi connectivity index (χ2v) is 6.27. The molecular formula is C19H30N4O2. The van der Waals surface area contributed by atoms with Crippen LogP contribution in [0.3, 0.4) is 0 Å². The van der Waals surface area contributed by atoms with Crippen molar-refractivity contribution in [3.05, 3.63) is 17.6 Å². The van der Waals surface area contributed by atoms with Gasteiger partial charge in [-0.05, 0) is 25.8 Å². The summed E-state index contributed by atoms with van der Waals surface area (Å²) < 4.78 is 11.1. The summed E-state index contributed by atoms with van der Waals surface area (Å²) in [7, 11) is 1.63. The Labute approximate surface area is 150 Å². The number of ether oxygens (including phenoxy) is 2. The van der Waals surface area contributed by atoms with Gasteiger partial charge in [-0.15, -0.1) is 0 Å². The Balaban J connectivity index is 0.00000109. The molecule has 0 bridgehead atoms. The zero-order valence-corrected chi connectivity index (χ0v) is 16.2. The van der Waals surface area contributed by atoms with Crippen LogP contribution in [0.1, 0.15) is 58.0 Å². The van der Waals surface area contributed by atoms with Crippen molar-refractivity contribution in [1.29, 1.82) is 0 Å². The standard InChI is InChI=1S/C17H24N4O2.C2H6/c1-10(2)15-20-13-8-11(3)19-17(22-4)14(13)16(21-15)18-9-12-6-5-7-23-12;1-2/h8,10,12H,5-7,9H2,1-4H3,(H,18,20,21);1-2H3. The first-order valence-corrected chi connectivity index (χ1v) is 9.17. The van der Waals surface area contributed by atoms with Crippen LogP contribution in [0, 0.1) is 6.92 Å². The molecule has 1 aliphatic rings. The Morgan fingerprint density at radius 3 is 2.64 bits per heavy atom. The van der Waals surface area contributed by atoms with E-state index in [9.17, 15) is 0 Å². The fraction of sp³-hybridized carbons (Fsp3) is 0.632. The summed E-state index contributed by atoms with van der Waals surface area (Å²) in [5.41, 5.74) is 1.75. The Bertz CT molecular complexity index is 697. The SMILES string of the molecule is CC.COc1nc(C)cc2nc(C(C)C)nc(NCC3CCCO3)c12. The molecule has 2 aromatic rings. The van der Waals surface area contributed by atoms with Gasteiger partial charge in [0.15, 0.2) is 0 Å². The molecule has 1 atom stereocenters. The lowest BCUT2D eigenvalue weighted by Crippen LogP contribution is -2.20. The minimum absolute atomic E-state index is 0.243. The molecule has 1 unspecified atom stereocenters. The van der Waals surface area contributed by atoms with E-state index in [0.717, 1.165) is 54.2 Å². The lowest BCUT2D eigenvalue weighted by molar-refractivity contribution is 0.120. The molecule has 1 N–H and O–H groups in total. The van der Waals surface area contributed by atoms with Crippen LogP contribution >= 0.6 is 0 Å². The molecular weight excluding hydrogens is 316 g/mol. The Kier molecular flexibility index (Phi) is 6.93. The smallest absolute Gasteiger partial charge is 0.226 e. The topological polar surface area (TPSA) is 69.2 Å². The van der Waals surface area contributed by atoms with Gasteiger partial charge in [0.1, 0.15) is 17.0 Å². The third-order valence-corrected chi connectivity index (χ3v) is 4.02. The van der Waals surface area contributed by atoms with Crippen LogP contribution in [-0.2, 0) is 4.74 Å². The van der Waals surface area contributed by atoms with Gasteiger partial charge in [-0.3, -0.25) is 0 Å². The second kappa shape index (κ2) is 8.94. The van der Waals surface area contributed by atoms with Crippen LogP contribution in [0.4, 0.5) is 5.82 Å². The fourth-order valence-electron chi connectivity index (χ4n) is 2.81. The molecule has 138 valence electrons. The molecule has 3 rings (SSSR count). The van der Waals surface area contributed by atoms with Gasteiger partial charge >= 0.3 is 0 Å². The summed E-state index contributed by atoms with van der Waals surface area (Å²) in [6.07, 6.45) is 2.45. The summed E-state index contributed by atoms with van der Waals surface area (Å²) >= 11 is 0. The molecule has 1 saturated heterocycles. The van der Waals surface area contributed by atoms with Crippen molar-refractivity contribution in [1.82, 2.24) is 15.0 Å². The number of fused-ring (bicyclic) bond motifs is 1. The number of rotatable bonds is 5. The molecule has 0 radical (unpaired) electrons. The number of aromatic nitrogens is 3. The highest BCUT2D eigenvalue weighted by atomic mass is 16.5. The van der Waals surface area contributed by atoms with E-state index in [1.165, 1.54) is 0 Å². The molecule has 1 aliphatic heterocycles. The molecule has 0 aliphatic carbocycles. The summed E-state index contributed by atoms with van der Waals surface area (Å²) in [5, 5.41) is 4.26. The van der Waals surface area contributed by atoms with Gasteiger partial charge in [0.25, 0.3) is 0 Å². The van der Waals surface area contributed by atoms with Crippen LogP contribution in [0.2, 0.25) is 0 Å². The summed E-state index contributed by atoms with van der Waals surface area (Å²) in [4.78, 5) is 13.8. The van der Waals surface area contributed by atoms with E-state index < -0.39 is 0 Å². The number of nitrogens with one attached hydrogen (secondary N) is 1. The number of hydrogen-bond donors (Lipinski definition) is 1. The van der Waals surface area contributed by atoms with Crippen LogP contribution in [0.5, 0.6) is 5.88 Å². The van der Waals surface area contributed by atoms with Gasteiger partial charge in [-0.25, -0.2) is 15.0 Å².